The molecule has 2 aliphatic rings. The van der Waals surface area contributed by atoms with Gasteiger partial charge in [-0.25, -0.2) is 23.1 Å². The van der Waals surface area contributed by atoms with E-state index in [0.29, 0.717) is 41.8 Å². The van der Waals surface area contributed by atoms with E-state index < -0.39 is 17.3 Å². The van der Waals surface area contributed by atoms with Crippen LogP contribution in [0.3, 0.4) is 0 Å². The summed E-state index contributed by atoms with van der Waals surface area (Å²) in [6.07, 6.45) is 9.65. The highest BCUT2D eigenvalue weighted by Crippen LogP contribution is 2.36. The summed E-state index contributed by atoms with van der Waals surface area (Å²) in [5.41, 5.74) is 2.60. The summed E-state index contributed by atoms with van der Waals surface area (Å²) in [7, 11) is 0. The number of hydrogen-bond acceptors (Lipinski definition) is 5. The van der Waals surface area contributed by atoms with Gasteiger partial charge in [-0.15, -0.1) is 0 Å². The number of anilines is 1. The fourth-order valence-electron chi connectivity index (χ4n) is 5.90. The molecule has 3 aromatic heterocycles. The third-order valence-corrected chi connectivity index (χ3v) is 7.86. The van der Waals surface area contributed by atoms with Crippen LogP contribution in [0.2, 0.25) is 0 Å². The number of fused-ring (bicyclic) bond motifs is 5. The third kappa shape index (κ3) is 4.32. The molecule has 39 heavy (non-hydrogen) atoms. The van der Waals surface area contributed by atoms with Crippen LogP contribution in [0.5, 0.6) is 0 Å². The van der Waals surface area contributed by atoms with Gasteiger partial charge in [0.1, 0.15) is 23.1 Å². The van der Waals surface area contributed by atoms with Crippen LogP contribution >= 0.6 is 0 Å². The highest BCUT2D eigenvalue weighted by atomic mass is 19.1. The van der Waals surface area contributed by atoms with Gasteiger partial charge in [-0.3, -0.25) is 4.98 Å². The van der Waals surface area contributed by atoms with E-state index in [0.717, 1.165) is 30.5 Å². The summed E-state index contributed by atoms with van der Waals surface area (Å²) < 4.78 is 32.8. The topological polar surface area (TPSA) is 63.9 Å². The first kappa shape index (κ1) is 25.3. The Kier molecular flexibility index (Phi) is 6.49. The van der Waals surface area contributed by atoms with Gasteiger partial charge in [0.05, 0.1) is 16.8 Å². The molecule has 6 nitrogen and oxygen atoms in total. The molecule has 200 valence electrons. The number of hydrogen-bond donors (Lipinski definition) is 0. The molecule has 0 saturated carbocycles. The van der Waals surface area contributed by atoms with Crippen LogP contribution in [-0.4, -0.2) is 32.1 Å². The summed E-state index contributed by atoms with van der Waals surface area (Å²) in [6, 6.07) is 8.14. The van der Waals surface area contributed by atoms with E-state index >= 15 is 8.78 Å². The normalized spacial score (nSPS) is 18.0. The second-order valence-corrected chi connectivity index (χ2v) is 10.8. The van der Waals surface area contributed by atoms with E-state index in [1.165, 1.54) is 16.7 Å². The molecule has 1 atom stereocenters. The Balaban J connectivity index is 1.78. The summed E-state index contributed by atoms with van der Waals surface area (Å²) in [6.45, 7) is 6.84. The first-order valence-electron chi connectivity index (χ1n) is 13.7. The number of halogens is 2. The van der Waals surface area contributed by atoms with Crippen molar-refractivity contribution in [1.29, 1.82) is 0 Å². The smallest absolute Gasteiger partial charge is 0.353 e. The molecule has 6 rings (SSSR count). The molecule has 1 saturated heterocycles. The largest absolute Gasteiger partial charge is 0.355 e. The molecule has 0 unspecified atom stereocenters. The molecule has 8 heteroatoms. The molecule has 0 spiro atoms. The van der Waals surface area contributed by atoms with Crippen molar-refractivity contribution in [2.75, 3.05) is 11.4 Å². The van der Waals surface area contributed by atoms with E-state index in [4.69, 9.17) is 4.98 Å². The maximum Gasteiger partial charge on any atom is 0.355 e. The van der Waals surface area contributed by atoms with Crippen LogP contribution in [0.25, 0.3) is 28.0 Å². The molecular formula is C31H31F2N5O. The number of piperidine rings is 1. The highest BCUT2D eigenvalue weighted by Gasteiger charge is 2.28. The second kappa shape index (κ2) is 9.98. The van der Waals surface area contributed by atoms with Gasteiger partial charge in [0.15, 0.2) is 5.65 Å². The Bertz CT molecular complexity index is 1680. The van der Waals surface area contributed by atoms with Crippen LogP contribution < -0.4 is 10.6 Å². The van der Waals surface area contributed by atoms with Crippen molar-refractivity contribution >= 4 is 16.9 Å². The molecule has 0 N–H and O–H groups in total. The Morgan fingerprint density at radius 1 is 1.00 bits per heavy atom. The van der Waals surface area contributed by atoms with Crippen molar-refractivity contribution in [3.8, 4) is 16.9 Å². The van der Waals surface area contributed by atoms with Gasteiger partial charge in [-0.2, -0.15) is 4.98 Å². The first-order valence-corrected chi connectivity index (χ1v) is 13.7. The number of benzene rings is 1. The minimum Gasteiger partial charge on any atom is -0.353 e. The Hall–Kier alpha value is -3.94. The molecule has 4 aromatic rings. The number of aromatic nitrogens is 4. The maximum absolute atomic E-state index is 16.0. The van der Waals surface area contributed by atoms with Crippen molar-refractivity contribution in [1.82, 2.24) is 19.5 Å². The molecular weight excluding hydrogens is 496 g/mol. The van der Waals surface area contributed by atoms with Crippen molar-refractivity contribution in [3.63, 3.8) is 0 Å². The predicted octanol–water partition coefficient (Wildman–Crippen LogP) is 6.28. The number of allylic oxidation sites excluding steroid dienone is 2. The molecule has 0 aliphatic carbocycles. The van der Waals surface area contributed by atoms with E-state index in [2.05, 4.69) is 21.8 Å². The zero-order valence-corrected chi connectivity index (χ0v) is 22.4. The molecule has 5 heterocycles. The summed E-state index contributed by atoms with van der Waals surface area (Å²) in [5.74, 6) is -0.780. The van der Waals surface area contributed by atoms with Crippen molar-refractivity contribution in [2.24, 2.45) is 0 Å². The summed E-state index contributed by atoms with van der Waals surface area (Å²) in [5, 5.41) is 0.430. The van der Waals surface area contributed by atoms with Gasteiger partial charge in [0, 0.05) is 24.3 Å². The average molecular weight is 528 g/mol. The molecule has 0 radical (unpaired) electrons. The molecule has 1 fully saturated rings. The molecule has 0 amide bonds. The Morgan fingerprint density at radius 3 is 2.56 bits per heavy atom. The van der Waals surface area contributed by atoms with Crippen molar-refractivity contribution in [3.05, 3.63) is 87.6 Å². The van der Waals surface area contributed by atoms with E-state index in [1.807, 2.05) is 32.1 Å². The molecule has 2 bridgehead atoms. The first-order chi connectivity index (χ1) is 18.8. The van der Waals surface area contributed by atoms with E-state index in [-0.39, 0.29) is 28.9 Å². The Labute approximate surface area is 226 Å². The van der Waals surface area contributed by atoms with Gasteiger partial charge in [0.25, 0.3) is 0 Å². The molecule has 2 aliphatic heterocycles. The number of rotatable bonds is 2. The number of nitrogens with zero attached hydrogens (tertiary/aromatic N) is 5. The average Bonchev–Trinajstić information content (AvgIpc) is 2.91. The minimum absolute atomic E-state index is 0.00123. The van der Waals surface area contributed by atoms with Crippen molar-refractivity contribution < 1.29 is 8.78 Å². The standard InChI is InChI=1S/C31H31F2N5O/c1-18(2)26-28-21(14-15-34-26)11-5-4-10-20-12-8-13-23(32)25(20)27-24(33)17-22-29(37-16-7-6-9-19(37)3)36-31(39)38(28)30(22)35-27/h4-5,8,12-15,17-19H,6-7,9-11,16H2,1-3H3/b5-4-/t19-/m0/s1. The fraction of sp³-hybridized carbons (Fsp3) is 0.355. The van der Waals surface area contributed by atoms with Crippen LogP contribution in [0.4, 0.5) is 14.6 Å². The lowest BCUT2D eigenvalue weighted by molar-refractivity contribution is 0.481. The van der Waals surface area contributed by atoms with Gasteiger partial charge >= 0.3 is 5.69 Å². The van der Waals surface area contributed by atoms with Crippen LogP contribution in [0, 0.1) is 11.6 Å². The lowest BCUT2D eigenvalue weighted by Gasteiger charge is -2.35. The van der Waals surface area contributed by atoms with Crippen LogP contribution in [0.1, 0.15) is 62.8 Å². The summed E-state index contributed by atoms with van der Waals surface area (Å²) in [4.78, 5) is 30.0. The van der Waals surface area contributed by atoms with Gasteiger partial charge in [-0.05, 0) is 74.3 Å². The SMILES string of the molecule is CC(C)c1nccc2c1-n1c(=O)nc(N3CCCC[C@@H]3C)c3cc(F)c(nc31)-c1c(F)cccc1C/C=C\C2. The van der Waals surface area contributed by atoms with Crippen LogP contribution in [0.15, 0.2) is 53.5 Å². The maximum atomic E-state index is 16.0. The Morgan fingerprint density at radius 2 is 1.79 bits per heavy atom. The van der Waals surface area contributed by atoms with Gasteiger partial charge in [-0.1, -0.05) is 38.1 Å². The van der Waals surface area contributed by atoms with Crippen molar-refractivity contribution in [2.45, 2.75) is 64.8 Å². The van der Waals surface area contributed by atoms with Crippen LogP contribution in [-0.2, 0) is 12.8 Å². The minimum atomic E-state index is -0.650. The monoisotopic (exact) mass is 527 g/mol. The quantitative estimate of drug-likeness (QED) is 0.287. The predicted molar refractivity (Wildman–Crippen MR) is 150 cm³/mol. The lowest BCUT2D eigenvalue weighted by Crippen LogP contribution is -2.40. The summed E-state index contributed by atoms with van der Waals surface area (Å²) >= 11 is 0. The number of pyridine rings is 2. The highest BCUT2D eigenvalue weighted by molar-refractivity contribution is 5.91. The zero-order valence-electron chi connectivity index (χ0n) is 22.4. The zero-order chi connectivity index (χ0) is 27.3. The van der Waals surface area contributed by atoms with E-state index in [9.17, 15) is 4.79 Å². The van der Waals surface area contributed by atoms with E-state index in [1.54, 1.807) is 18.3 Å². The van der Waals surface area contributed by atoms with Gasteiger partial charge in [0.2, 0.25) is 0 Å². The second-order valence-electron chi connectivity index (χ2n) is 10.8. The lowest BCUT2D eigenvalue weighted by atomic mass is 9.97. The molecule has 1 aromatic carbocycles. The fourth-order valence-corrected chi connectivity index (χ4v) is 5.90. The third-order valence-electron chi connectivity index (χ3n) is 7.86. The van der Waals surface area contributed by atoms with Gasteiger partial charge < -0.3 is 4.90 Å².